The number of benzene rings is 1. The highest BCUT2D eigenvalue weighted by Crippen LogP contribution is 2.19. The number of unbranched alkanes of at least 4 members (excludes halogenated alkanes) is 1. The van der Waals surface area contributed by atoms with Crippen LogP contribution in [0.4, 0.5) is 4.39 Å². The Morgan fingerprint density at radius 3 is 2.41 bits per heavy atom. The Balaban J connectivity index is 2.71. The molecular formula is C16H22FNO4. The Morgan fingerprint density at radius 1 is 1.32 bits per heavy atom. The molecule has 1 amide bonds. The number of hydrogen-bond donors (Lipinski definition) is 2. The summed E-state index contributed by atoms with van der Waals surface area (Å²) in [5.74, 6) is -1.66. The zero-order chi connectivity index (χ0) is 16.8. The lowest BCUT2D eigenvalue weighted by atomic mass is 10.1. The van der Waals surface area contributed by atoms with Crippen molar-refractivity contribution in [1.29, 1.82) is 0 Å². The van der Waals surface area contributed by atoms with Crippen LogP contribution in [0.1, 0.15) is 40.0 Å². The molecule has 1 atom stereocenters. The van der Waals surface area contributed by atoms with E-state index < -0.39 is 29.3 Å². The molecule has 0 bridgehead atoms. The van der Waals surface area contributed by atoms with Gasteiger partial charge < -0.3 is 15.2 Å². The standard InChI is InChI=1S/C16H22FNO4/c1-4-5-6-13(14(19)20)18-15(21)16(2,3)22-12-9-7-11(17)8-10-12/h7-10,13H,4-6H2,1-3H3,(H,18,21)(H,19,20)/t13-/m0/s1. The molecule has 0 saturated carbocycles. The molecule has 0 spiro atoms. The molecule has 0 aliphatic carbocycles. The number of amides is 1. The van der Waals surface area contributed by atoms with Gasteiger partial charge in [-0.2, -0.15) is 0 Å². The van der Waals surface area contributed by atoms with E-state index in [-0.39, 0.29) is 0 Å². The maximum absolute atomic E-state index is 12.9. The molecule has 0 saturated heterocycles. The fraction of sp³-hybridized carbons (Fsp3) is 0.500. The van der Waals surface area contributed by atoms with E-state index in [1.54, 1.807) is 0 Å². The number of carboxylic acids is 1. The summed E-state index contributed by atoms with van der Waals surface area (Å²) in [6, 6.07) is 4.34. The van der Waals surface area contributed by atoms with E-state index in [0.717, 1.165) is 6.42 Å². The van der Waals surface area contributed by atoms with Crippen molar-refractivity contribution in [2.45, 2.75) is 51.7 Å². The topological polar surface area (TPSA) is 75.6 Å². The molecule has 1 aromatic rings. The smallest absolute Gasteiger partial charge is 0.326 e. The number of carbonyl (C=O) groups excluding carboxylic acids is 1. The maximum atomic E-state index is 12.9. The van der Waals surface area contributed by atoms with Crippen LogP contribution in [-0.4, -0.2) is 28.6 Å². The van der Waals surface area contributed by atoms with E-state index in [1.165, 1.54) is 38.1 Å². The number of ether oxygens (including phenoxy) is 1. The Hall–Kier alpha value is -2.11. The van der Waals surface area contributed by atoms with Gasteiger partial charge in [0.2, 0.25) is 0 Å². The highest BCUT2D eigenvalue weighted by atomic mass is 19.1. The molecule has 0 aliphatic heterocycles. The van der Waals surface area contributed by atoms with E-state index in [9.17, 15) is 14.0 Å². The van der Waals surface area contributed by atoms with Gasteiger partial charge in [0.15, 0.2) is 5.60 Å². The number of aliphatic carboxylic acids is 1. The first kappa shape index (κ1) is 17.9. The SMILES string of the molecule is CCCC[C@H](NC(=O)C(C)(C)Oc1ccc(F)cc1)C(=O)O. The van der Waals surface area contributed by atoms with E-state index in [2.05, 4.69) is 5.32 Å². The second-order valence-electron chi connectivity index (χ2n) is 5.57. The summed E-state index contributed by atoms with van der Waals surface area (Å²) >= 11 is 0. The van der Waals surface area contributed by atoms with Gasteiger partial charge in [-0.1, -0.05) is 19.8 Å². The molecule has 0 fully saturated rings. The van der Waals surface area contributed by atoms with Crippen LogP contribution in [0.2, 0.25) is 0 Å². The molecule has 2 N–H and O–H groups in total. The molecule has 0 aliphatic rings. The zero-order valence-electron chi connectivity index (χ0n) is 13.1. The van der Waals surface area contributed by atoms with Crippen molar-refractivity contribution in [3.8, 4) is 5.75 Å². The zero-order valence-corrected chi connectivity index (χ0v) is 13.1. The van der Waals surface area contributed by atoms with Crippen LogP contribution in [0, 0.1) is 5.82 Å². The van der Waals surface area contributed by atoms with Crippen molar-refractivity contribution < 1.29 is 23.8 Å². The number of halogens is 1. The average Bonchev–Trinajstić information content (AvgIpc) is 2.45. The summed E-state index contributed by atoms with van der Waals surface area (Å²) in [5.41, 5.74) is -1.27. The molecule has 22 heavy (non-hydrogen) atoms. The third kappa shape index (κ3) is 5.35. The number of carbonyl (C=O) groups is 2. The van der Waals surface area contributed by atoms with E-state index in [4.69, 9.17) is 9.84 Å². The molecule has 0 heterocycles. The van der Waals surface area contributed by atoms with Gasteiger partial charge in [0.1, 0.15) is 17.6 Å². The molecule has 1 rings (SSSR count). The van der Waals surface area contributed by atoms with Gasteiger partial charge >= 0.3 is 5.97 Å². The minimum Gasteiger partial charge on any atom is -0.480 e. The fourth-order valence-electron chi connectivity index (χ4n) is 1.84. The molecule has 0 radical (unpaired) electrons. The summed E-state index contributed by atoms with van der Waals surface area (Å²) < 4.78 is 18.4. The minimum atomic E-state index is -1.27. The van der Waals surface area contributed by atoms with Crippen LogP contribution in [0.15, 0.2) is 24.3 Å². The monoisotopic (exact) mass is 311 g/mol. The second-order valence-corrected chi connectivity index (χ2v) is 5.57. The van der Waals surface area contributed by atoms with Crippen molar-refractivity contribution in [2.75, 3.05) is 0 Å². The van der Waals surface area contributed by atoms with Crippen LogP contribution in [0.25, 0.3) is 0 Å². The van der Waals surface area contributed by atoms with E-state index >= 15 is 0 Å². The molecular weight excluding hydrogens is 289 g/mol. The molecule has 122 valence electrons. The van der Waals surface area contributed by atoms with Gasteiger partial charge in [0.05, 0.1) is 0 Å². The third-order valence-corrected chi connectivity index (χ3v) is 3.18. The highest BCUT2D eigenvalue weighted by molar-refractivity contribution is 5.88. The summed E-state index contributed by atoms with van der Waals surface area (Å²) in [5, 5.41) is 11.6. The Morgan fingerprint density at radius 2 is 1.91 bits per heavy atom. The Kier molecular flexibility index (Phi) is 6.34. The third-order valence-electron chi connectivity index (χ3n) is 3.18. The Labute approximate surface area is 129 Å². The van der Waals surface area contributed by atoms with Crippen molar-refractivity contribution in [2.24, 2.45) is 0 Å². The predicted molar refractivity (Wildman–Crippen MR) is 80.2 cm³/mol. The minimum absolute atomic E-state index is 0.335. The normalized spacial score (nSPS) is 12.5. The number of carboxylic acid groups (broad SMARTS) is 1. The Bertz CT molecular complexity index is 513. The number of nitrogens with one attached hydrogen (secondary N) is 1. The first-order valence-corrected chi connectivity index (χ1v) is 7.24. The molecule has 0 unspecified atom stereocenters. The van der Waals surface area contributed by atoms with Crippen molar-refractivity contribution >= 4 is 11.9 Å². The van der Waals surface area contributed by atoms with E-state index in [1.807, 2.05) is 6.92 Å². The summed E-state index contributed by atoms with van der Waals surface area (Å²) in [6.07, 6.45) is 1.91. The number of hydrogen-bond acceptors (Lipinski definition) is 3. The van der Waals surface area contributed by atoms with Gasteiger partial charge in [0, 0.05) is 0 Å². The van der Waals surface area contributed by atoms with E-state index in [0.29, 0.717) is 18.6 Å². The van der Waals surface area contributed by atoms with Crippen LogP contribution in [-0.2, 0) is 9.59 Å². The van der Waals surface area contributed by atoms with Crippen LogP contribution in [0.3, 0.4) is 0 Å². The highest BCUT2D eigenvalue weighted by Gasteiger charge is 2.33. The van der Waals surface area contributed by atoms with Gasteiger partial charge in [-0.15, -0.1) is 0 Å². The van der Waals surface area contributed by atoms with Crippen LogP contribution in [0.5, 0.6) is 5.75 Å². The summed E-state index contributed by atoms with van der Waals surface area (Å²) in [6.45, 7) is 5.01. The lowest BCUT2D eigenvalue weighted by Crippen LogP contribution is -2.52. The van der Waals surface area contributed by atoms with Crippen molar-refractivity contribution in [3.05, 3.63) is 30.1 Å². The predicted octanol–water partition coefficient (Wildman–Crippen LogP) is 2.74. The van der Waals surface area contributed by atoms with Gasteiger partial charge in [-0.25, -0.2) is 9.18 Å². The molecule has 1 aromatic carbocycles. The number of rotatable bonds is 8. The first-order chi connectivity index (χ1) is 10.3. The summed E-state index contributed by atoms with van der Waals surface area (Å²) in [7, 11) is 0. The fourth-order valence-corrected chi connectivity index (χ4v) is 1.84. The summed E-state index contributed by atoms with van der Waals surface area (Å²) in [4.78, 5) is 23.4. The lowest BCUT2D eigenvalue weighted by Gasteiger charge is -2.27. The van der Waals surface area contributed by atoms with Crippen LogP contribution >= 0.6 is 0 Å². The molecule has 0 aromatic heterocycles. The van der Waals surface area contributed by atoms with Crippen molar-refractivity contribution in [3.63, 3.8) is 0 Å². The molecule has 5 nitrogen and oxygen atoms in total. The first-order valence-electron chi connectivity index (χ1n) is 7.24. The quantitative estimate of drug-likeness (QED) is 0.774. The maximum Gasteiger partial charge on any atom is 0.326 e. The van der Waals surface area contributed by atoms with Gasteiger partial charge in [0.25, 0.3) is 5.91 Å². The largest absolute Gasteiger partial charge is 0.480 e. The van der Waals surface area contributed by atoms with Gasteiger partial charge in [-0.05, 0) is 44.5 Å². The van der Waals surface area contributed by atoms with Crippen LogP contribution < -0.4 is 10.1 Å². The van der Waals surface area contributed by atoms with Crippen molar-refractivity contribution in [1.82, 2.24) is 5.32 Å². The molecule has 6 heteroatoms. The van der Waals surface area contributed by atoms with Gasteiger partial charge in [-0.3, -0.25) is 4.79 Å². The lowest BCUT2D eigenvalue weighted by molar-refractivity contribution is -0.145. The average molecular weight is 311 g/mol. The second kappa shape index (κ2) is 7.77.